The molecule has 0 saturated heterocycles. The van der Waals surface area contributed by atoms with Crippen LogP contribution in [0.2, 0.25) is 5.02 Å². The minimum absolute atomic E-state index is 0.334. The lowest BCUT2D eigenvalue weighted by atomic mass is 10.0. The van der Waals surface area contributed by atoms with Gasteiger partial charge in [-0.1, -0.05) is 37.6 Å². The number of rotatable bonds is 6. The Kier molecular flexibility index (Phi) is 6.32. The van der Waals surface area contributed by atoms with E-state index in [1.165, 1.54) is 5.56 Å². The Morgan fingerprint density at radius 2 is 1.78 bits per heavy atom. The highest BCUT2D eigenvalue weighted by Gasteiger charge is 2.10. The van der Waals surface area contributed by atoms with Crippen LogP contribution in [0.15, 0.2) is 40.9 Å². The average Bonchev–Trinajstić information content (AvgIpc) is 2.53. The lowest BCUT2D eigenvalue weighted by Crippen LogP contribution is -2.10. The fraction of sp³-hybridized carbons (Fsp3) is 0.278. The predicted molar refractivity (Wildman–Crippen MR) is 95.4 cm³/mol. The molecule has 2 aromatic rings. The van der Waals surface area contributed by atoms with Gasteiger partial charge in [0.05, 0.1) is 10.0 Å². The van der Waals surface area contributed by atoms with Crippen molar-refractivity contribution in [3.05, 3.63) is 57.0 Å². The van der Waals surface area contributed by atoms with E-state index in [1.54, 1.807) is 12.1 Å². The molecule has 0 bridgehead atoms. The van der Waals surface area contributed by atoms with Crippen molar-refractivity contribution in [3.8, 4) is 17.6 Å². The third kappa shape index (κ3) is 4.89. The van der Waals surface area contributed by atoms with Gasteiger partial charge in [-0.3, -0.25) is 0 Å². The van der Waals surface area contributed by atoms with Crippen LogP contribution in [0.25, 0.3) is 0 Å². The molecule has 0 aliphatic carbocycles. The van der Waals surface area contributed by atoms with E-state index in [1.807, 2.05) is 12.1 Å². The van der Waals surface area contributed by atoms with Crippen molar-refractivity contribution in [2.75, 3.05) is 13.2 Å². The molecule has 0 atom stereocenters. The summed E-state index contributed by atoms with van der Waals surface area (Å²) in [5.74, 6) is 1.78. The predicted octanol–water partition coefficient (Wildman–Crippen LogP) is 5.56. The number of nitriles is 1. The molecule has 2 aromatic carbocycles. The lowest BCUT2D eigenvalue weighted by Gasteiger charge is -2.12. The Morgan fingerprint density at radius 1 is 1.13 bits per heavy atom. The van der Waals surface area contributed by atoms with Crippen molar-refractivity contribution in [3.63, 3.8) is 0 Å². The third-order valence-electron chi connectivity index (χ3n) is 3.27. The van der Waals surface area contributed by atoms with Crippen LogP contribution in [0.3, 0.4) is 0 Å². The Hall–Kier alpha value is -1.70. The van der Waals surface area contributed by atoms with E-state index in [0.29, 0.717) is 39.9 Å². The van der Waals surface area contributed by atoms with Crippen LogP contribution in [0, 0.1) is 11.3 Å². The first kappa shape index (κ1) is 17.7. The molecule has 5 heteroatoms. The molecule has 0 aliphatic rings. The molecule has 0 amide bonds. The molecule has 0 fully saturated rings. The number of hydrogen-bond donors (Lipinski definition) is 0. The highest BCUT2D eigenvalue weighted by atomic mass is 79.9. The Morgan fingerprint density at radius 3 is 2.39 bits per heavy atom. The average molecular weight is 395 g/mol. The molecule has 0 saturated carbocycles. The molecule has 120 valence electrons. The largest absolute Gasteiger partial charge is 0.490 e. The highest BCUT2D eigenvalue weighted by Crippen LogP contribution is 2.32. The van der Waals surface area contributed by atoms with Crippen molar-refractivity contribution < 1.29 is 9.47 Å². The summed E-state index contributed by atoms with van der Waals surface area (Å²) >= 11 is 9.27. The second-order valence-corrected chi connectivity index (χ2v) is 6.59. The van der Waals surface area contributed by atoms with Gasteiger partial charge >= 0.3 is 0 Å². The van der Waals surface area contributed by atoms with Crippen LogP contribution in [0.5, 0.6) is 11.5 Å². The fourth-order valence-corrected chi connectivity index (χ4v) is 2.97. The highest BCUT2D eigenvalue weighted by molar-refractivity contribution is 9.10. The van der Waals surface area contributed by atoms with Crippen LogP contribution >= 0.6 is 27.5 Å². The molecule has 23 heavy (non-hydrogen) atoms. The SMILES string of the molecule is CC(C)c1ccc(OCCOc2c(Br)cc(Cl)cc2C#N)cc1. The smallest absolute Gasteiger partial charge is 0.151 e. The summed E-state index contributed by atoms with van der Waals surface area (Å²) in [6, 6.07) is 13.4. The second kappa shape index (κ2) is 8.24. The molecular formula is C18H17BrClNO2. The summed E-state index contributed by atoms with van der Waals surface area (Å²) in [7, 11) is 0. The zero-order chi connectivity index (χ0) is 16.8. The van der Waals surface area contributed by atoms with Crippen molar-refractivity contribution in [1.29, 1.82) is 5.26 Å². The minimum Gasteiger partial charge on any atom is -0.490 e. The molecule has 3 nitrogen and oxygen atoms in total. The van der Waals surface area contributed by atoms with Crippen LogP contribution < -0.4 is 9.47 Å². The van der Waals surface area contributed by atoms with Crippen molar-refractivity contribution in [2.24, 2.45) is 0 Å². The molecule has 0 N–H and O–H groups in total. The van der Waals surface area contributed by atoms with Crippen molar-refractivity contribution in [1.82, 2.24) is 0 Å². The monoisotopic (exact) mass is 393 g/mol. The van der Waals surface area contributed by atoms with Gasteiger partial charge in [-0.05, 0) is 51.7 Å². The zero-order valence-corrected chi connectivity index (χ0v) is 15.3. The summed E-state index contributed by atoms with van der Waals surface area (Å²) < 4.78 is 12.0. The van der Waals surface area contributed by atoms with Gasteiger partial charge in [0.25, 0.3) is 0 Å². The van der Waals surface area contributed by atoms with Crippen LogP contribution in [0.4, 0.5) is 0 Å². The summed E-state index contributed by atoms with van der Waals surface area (Å²) in [4.78, 5) is 0. The van der Waals surface area contributed by atoms with E-state index >= 15 is 0 Å². The Labute approximate surface area is 149 Å². The first-order valence-electron chi connectivity index (χ1n) is 7.26. The van der Waals surface area contributed by atoms with E-state index < -0.39 is 0 Å². The number of nitrogens with zero attached hydrogens (tertiary/aromatic N) is 1. The van der Waals surface area contributed by atoms with Crippen LogP contribution in [-0.2, 0) is 0 Å². The van der Waals surface area contributed by atoms with Crippen molar-refractivity contribution in [2.45, 2.75) is 19.8 Å². The van der Waals surface area contributed by atoms with Gasteiger partial charge < -0.3 is 9.47 Å². The summed E-state index contributed by atoms with van der Waals surface area (Å²) in [5.41, 5.74) is 1.67. The van der Waals surface area contributed by atoms with Gasteiger partial charge in [0.1, 0.15) is 25.0 Å². The summed E-state index contributed by atoms with van der Waals surface area (Å²) in [5, 5.41) is 9.62. The second-order valence-electron chi connectivity index (χ2n) is 5.30. The number of hydrogen-bond acceptors (Lipinski definition) is 3. The molecule has 0 unspecified atom stereocenters. The molecule has 0 heterocycles. The molecule has 0 spiro atoms. The quantitative estimate of drug-likeness (QED) is 0.603. The van der Waals surface area contributed by atoms with Gasteiger partial charge in [0.2, 0.25) is 0 Å². The fourth-order valence-electron chi connectivity index (χ4n) is 2.04. The first-order valence-corrected chi connectivity index (χ1v) is 8.43. The maximum atomic E-state index is 9.13. The molecular weight excluding hydrogens is 378 g/mol. The van der Waals surface area contributed by atoms with Crippen molar-refractivity contribution >= 4 is 27.5 Å². The molecule has 2 rings (SSSR count). The normalized spacial score (nSPS) is 10.4. The third-order valence-corrected chi connectivity index (χ3v) is 4.08. The molecule has 0 aromatic heterocycles. The van der Waals surface area contributed by atoms with Gasteiger partial charge in [0, 0.05) is 5.02 Å². The van der Waals surface area contributed by atoms with E-state index in [4.69, 9.17) is 26.3 Å². The zero-order valence-electron chi connectivity index (χ0n) is 13.0. The maximum Gasteiger partial charge on any atom is 0.151 e. The van der Waals surface area contributed by atoms with Gasteiger partial charge in [-0.15, -0.1) is 0 Å². The van der Waals surface area contributed by atoms with Crippen LogP contribution in [0.1, 0.15) is 30.9 Å². The van der Waals surface area contributed by atoms with Gasteiger partial charge in [-0.2, -0.15) is 5.26 Å². The standard InChI is InChI=1S/C18H17BrClNO2/c1-12(2)13-3-5-16(6-4-13)22-7-8-23-18-14(11-21)9-15(20)10-17(18)19/h3-6,9-10,12H,7-8H2,1-2H3. The first-order chi connectivity index (χ1) is 11.0. The van der Waals surface area contributed by atoms with E-state index in [-0.39, 0.29) is 0 Å². The van der Waals surface area contributed by atoms with E-state index in [0.717, 1.165) is 5.75 Å². The van der Waals surface area contributed by atoms with Gasteiger partial charge in [-0.25, -0.2) is 0 Å². The maximum absolute atomic E-state index is 9.13. The summed E-state index contributed by atoms with van der Waals surface area (Å²) in [6.45, 7) is 5.03. The Bertz CT molecular complexity index is 708. The Balaban J connectivity index is 1.90. The number of ether oxygens (including phenoxy) is 2. The van der Waals surface area contributed by atoms with E-state index in [9.17, 15) is 0 Å². The number of benzene rings is 2. The minimum atomic E-state index is 0.334. The van der Waals surface area contributed by atoms with E-state index in [2.05, 4.69) is 48.0 Å². The molecule has 0 aliphatic heterocycles. The number of halogens is 2. The lowest BCUT2D eigenvalue weighted by molar-refractivity contribution is 0.216. The molecule has 0 radical (unpaired) electrons. The summed E-state index contributed by atoms with van der Waals surface area (Å²) in [6.07, 6.45) is 0. The van der Waals surface area contributed by atoms with Gasteiger partial charge in [0.15, 0.2) is 5.75 Å². The topological polar surface area (TPSA) is 42.2 Å². The van der Waals surface area contributed by atoms with Crippen LogP contribution in [-0.4, -0.2) is 13.2 Å².